The van der Waals surface area contributed by atoms with Crippen LogP contribution in [0.4, 0.5) is 0 Å². The molecule has 0 fully saturated rings. The highest BCUT2D eigenvalue weighted by Gasteiger charge is 2.15. The van der Waals surface area contributed by atoms with Crippen LogP contribution >= 0.6 is 0 Å². The van der Waals surface area contributed by atoms with Crippen molar-refractivity contribution in [3.63, 3.8) is 0 Å². The van der Waals surface area contributed by atoms with Crippen molar-refractivity contribution in [2.24, 2.45) is 4.99 Å². The molecule has 1 aromatic carbocycles. The number of nitrogens with one attached hydrogen (secondary N) is 1. The smallest absolute Gasteiger partial charge is 0.242 e. The van der Waals surface area contributed by atoms with E-state index in [1.54, 1.807) is 11.0 Å². The number of guanidine groups is 1. The van der Waals surface area contributed by atoms with Crippen molar-refractivity contribution in [2.75, 3.05) is 33.2 Å². The lowest BCUT2D eigenvalue weighted by Crippen LogP contribution is -2.45. The normalized spacial score (nSPS) is 11.4. The topological polar surface area (TPSA) is 78.6 Å². The highest BCUT2D eigenvalue weighted by Crippen LogP contribution is 2.08. The lowest BCUT2D eigenvalue weighted by atomic mass is 10.1. The fourth-order valence-corrected chi connectivity index (χ4v) is 2.92. The van der Waals surface area contributed by atoms with E-state index in [-0.39, 0.29) is 5.91 Å². The molecule has 1 heterocycles. The number of hydrogen-bond donors (Lipinski definition) is 1. The minimum atomic E-state index is 0.105. The maximum atomic E-state index is 12.4. The zero-order valence-corrected chi connectivity index (χ0v) is 17.3. The van der Waals surface area contributed by atoms with Gasteiger partial charge in [-0.2, -0.15) is 5.10 Å². The van der Waals surface area contributed by atoms with Gasteiger partial charge in [0, 0.05) is 26.7 Å². The number of aliphatic imine (C=N–C) groups is 1. The summed E-state index contributed by atoms with van der Waals surface area (Å²) in [6.45, 7) is 9.71. The first kappa shape index (κ1) is 21.4. The molecule has 0 aliphatic carbocycles. The Hall–Kier alpha value is -2.90. The first-order chi connectivity index (χ1) is 13.6. The van der Waals surface area contributed by atoms with Gasteiger partial charge in [0.05, 0.1) is 19.6 Å². The van der Waals surface area contributed by atoms with Gasteiger partial charge in [-0.25, -0.2) is 14.7 Å². The number of carbonyl (C=O) groups is 1. The van der Waals surface area contributed by atoms with Gasteiger partial charge in [0.15, 0.2) is 5.96 Å². The molecular weight excluding hydrogens is 354 g/mol. The van der Waals surface area contributed by atoms with Crippen LogP contribution in [0.15, 0.2) is 41.9 Å². The van der Waals surface area contributed by atoms with E-state index in [0.717, 1.165) is 36.7 Å². The molecule has 8 heteroatoms. The maximum absolute atomic E-state index is 12.4. The van der Waals surface area contributed by atoms with Crippen LogP contribution in [-0.2, 0) is 17.9 Å². The molecule has 2 aromatic rings. The summed E-state index contributed by atoms with van der Waals surface area (Å²) in [6.07, 6.45) is 3.24. The highest BCUT2D eigenvalue weighted by molar-refractivity contribution is 5.86. The number of aromatic nitrogens is 3. The molecule has 1 amide bonds. The first-order valence-corrected chi connectivity index (χ1v) is 9.74. The molecule has 0 spiro atoms. The van der Waals surface area contributed by atoms with Gasteiger partial charge >= 0.3 is 0 Å². The van der Waals surface area contributed by atoms with Crippen LogP contribution in [0.2, 0.25) is 0 Å². The van der Waals surface area contributed by atoms with Crippen molar-refractivity contribution in [3.05, 3.63) is 48.0 Å². The largest absolute Gasteiger partial charge is 0.357 e. The first-order valence-electron chi connectivity index (χ1n) is 9.74. The number of benzene rings is 1. The highest BCUT2D eigenvalue weighted by atomic mass is 16.2. The summed E-state index contributed by atoms with van der Waals surface area (Å²) in [6, 6.07) is 8.27. The average Bonchev–Trinajstić information content (AvgIpc) is 3.19. The van der Waals surface area contributed by atoms with E-state index in [1.165, 1.54) is 6.33 Å². The van der Waals surface area contributed by atoms with E-state index in [0.29, 0.717) is 19.6 Å². The van der Waals surface area contributed by atoms with Gasteiger partial charge in [0.2, 0.25) is 5.91 Å². The van der Waals surface area contributed by atoms with Gasteiger partial charge in [-0.1, -0.05) is 24.3 Å². The van der Waals surface area contributed by atoms with Gasteiger partial charge in [0.1, 0.15) is 12.7 Å². The lowest BCUT2D eigenvalue weighted by Gasteiger charge is -2.25. The SMILES string of the molecule is CCNC(=NCc1cccc(Cn2cncn2)c1)N(C)CC(=O)N(CC)CC. The van der Waals surface area contributed by atoms with Gasteiger partial charge in [0.25, 0.3) is 0 Å². The van der Waals surface area contributed by atoms with Crippen molar-refractivity contribution in [1.29, 1.82) is 0 Å². The third-order valence-corrected chi connectivity index (χ3v) is 4.40. The Bertz CT molecular complexity index is 754. The summed E-state index contributed by atoms with van der Waals surface area (Å²) >= 11 is 0. The molecule has 0 bridgehead atoms. The van der Waals surface area contributed by atoms with Crippen LogP contribution in [0.25, 0.3) is 0 Å². The third-order valence-electron chi connectivity index (χ3n) is 4.40. The molecule has 1 aromatic heterocycles. The van der Waals surface area contributed by atoms with Gasteiger partial charge in [-0.15, -0.1) is 0 Å². The molecular formula is C20H31N7O. The zero-order valence-electron chi connectivity index (χ0n) is 17.3. The standard InChI is InChI=1S/C20H31N7O/c1-5-22-20(25(4)14-19(28)26(6-2)7-3)23-12-17-9-8-10-18(11-17)13-27-16-21-15-24-27/h8-11,15-16H,5-7,12-14H2,1-4H3,(H,22,23). The number of nitrogens with zero attached hydrogens (tertiary/aromatic N) is 6. The number of carbonyl (C=O) groups excluding carboxylic acids is 1. The van der Waals surface area contributed by atoms with Crippen molar-refractivity contribution in [3.8, 4) is 0 Å². The summed E-state index contributed by atoms with van der Waals surface area (Å²) < 4.78 is 1.79. The molecule has 0 unspecified atom stereocenters. The van der Waals surface area contributed by atoms with Gasteiger partial charge in [-0.3, -0.25) is 4.79 Å². The number of hydrogen-bond acceptors (Lipinski definition) is 4. The summed E-state index contributed by atoms with van der Waals surface area (Å²) in [5.41, 5.74) is 2.25. The van der Waals surface area contributed by atoms with E-state index >= 15 is 0 Å². The number of likely N-dealkylation sites (N-methyl/N-ethyl adjacent to an activating group) is 2. The maximum Gasteiger partial charge on any atom is 0.242 e. The minimum absolute atomic E-state index is 0.105. The second-order valence-corrected chi connectivity index (χ2v) is 6.51. The van der Waals surface area contributed by atoms with E-state index in [9.17, 15) is 4.79 Å². The van der Waals surface area contributed by atoms with Crippen molar-refractivity contribution in [1.82, 2.24) is 29.9 Å². The molecule has 0 aliphatic rings. The Labute approximate surface area is 167 Å². The number of rotatable bonds is 9. The summed E-state index contributed by atoms with van der Waals surface area (Å²) in [4.78, 5) is 24.8. The predicted octanol–water partition coefficient (Wildman–Crippen LogP) is 1.59. The fourth-order valence-electron chi connectivity index (χ4n) is 2.92. The Morgan fingerprint density at radius 2 is 1.96 bits per heavy atom. The van der Waals surface area contributed by atoms with Gasteiger partial charge in [-0.05, 0) is 31.9 Å². The second kappa shape index (κ2) is 11.1. The molecule has 0 saturated carbocycles. The monoisotopic (exact) mass is 385 g/mol. The van der Waals surface area contributed by atoms with Gasteiger partial charge < -0.3 is 15.1 Å². The molecule has 28 heavy (non-hydrogen) atoms. The lowest BCUT2D eigenvalue weighted by molar-refractivity contribution is -0.131. The van der Waals surface area contributed by atoms with Crippen LogP contribution < -0.4 is 5.32 Å². The zero-order chi connectivity index (χ0) is 20.4. The van der Waals surface area contributed by atoms with E-state index in [4.69, 9.17) is 4.99 Å². The van der Waals surface area contributed by atoms with Crippen molar-refractivity contribution >= 4 is 11.9 Å². The Balaban J connectivity index is 2.04. The van der Waals surface area contributed by atoms with Crippen LogP contribution in [0.3, 0.4) is 0 Å². The fraction of sp³-hybridized carbons (Fsp3) is 0.500. The molecule has 0 atom stereocenters. The van der Waals surface area contributed by atoms with Crippen molar-refractivity contribution < 1.29 is 4.79 Å². The summed E-state index contributed by atoms with van der Waals surface area (Å²) in [7, 11) is 1.89. The van der Waals surface area contributed by atoms with Crippen molar-refractivity contribution in [2.45, 2.75) is 33.9 Å². The molecule has 8 nitrogen and oxygen atoms in total. The van der Waals surface area contributed by atoms with E-state index in [1.807, 2.05) is 43.7 Å². The third kappa shape index (κ3) is 6.37. The summed E-state index contributed by atoms with van der Waals surface area (Å²) in [5, 5.41) is 7.41. The second-order valence-electron chi connectivity index (χ2n) is 6.51. The molecule has 2 rings (SSSR count). The molecule has 0 aliphatic heterocycles. The number of amides is 1. The molecule has 0 saturated heterocycles. The van der Waals surface area contributed by atoms with Crippen LogP contribution in [0, 0.1) is 0 Å². The molecule has 152 valence electrons. The molecule has 0 radical (unpaired) electrons. The predicted molar refractivity (Wildman–Crippen MR) is 111 cm³/mol. The quantitative estimate of drug-likeness (QED) is 0.524. The average molecular weight is 386 g/mol. The minimum Gasteiger partial charge on any atom is -0.357 e. The van der Waals surface area contributed by atoms with Crippen LogP contribution in [-0.4, -0.2) is 69.7 Å². The summed E-state index contributed by atoms with van der Waals surface area (Å²) in [5.74, 6) is 0.831. The van der Waals surface area contributed by atoms with E-state index < -0.39 is 0 Å². The van der Waals surface area contributed by atoms with Crippen LogP contribution in [0.5, 0.6) is 0 Å². The van der Waals surface area contributed by atoms with E-state index in [2.05, 4.69) is 33.6 Å². The Morgan fingerprint density at radius 3 is 2.61 bits per heavy atom. The van der Waals surface area contributed by atoms with Crippen LogP contribution in [0.1, 0.15) is 31.9 Å². The Morgan fingerprint density at radius 1 is 1.21 bits per heavy atom. The Kier molecular flexibility index (Phi) is 8.45. The molecule has 1 N–H and O–H groups in total.